The van der Waals surface area contributed by atoms with E-state index in [1.807, 2.05) is 0 Å². The van der Waals surface area contributed by atoms with Crippen LogP contribution in [0.4, 0.5) is 15.1 Å². The Labute approximate surface area is 121 Å². The molecular weight excluding hydrogens is 301 g/mol. The fourth-order valence-corrected chi connectivity index (χ4v) is 2.41. The molecule has 2 rings (SSSR count). The summed E-state index contributed by atoms with van der Waals surface area (Å²) in [5.41, 5.74) is 4.22. The van der Waals surface area contributed by atoms with E-state index in [9.17, 15) is 24.1 Å². The number of carbonyl (C=O) groups is 2. The van der Waals surface area contributed by atoms with Crippen molar-refractivity contribution in [1.82, 2.24) is 0 Å². The van der Waals surface area contributed by atoms with Gasteiger partial charge in [-0.25, -0.2) is 4.39 Å². The number of nitro groups is 1. The van der Waals surface area contributed by atoms with Crippen LogP contribution >= 0.6 is 11.3 Å². The van der Waals surface area contributed by atoms with Crippen LogP contribution in [-0.4, -0.2) is 16.7 Å². The number of carbonyl (C=O) groups excluding carboxylic acids is 2. The lowest BCUT2D eigenvalue weighted by Gasteiger charge is -2.05. The first-order chi connectivity index (χ1) is 9.90. The summed E-state index contributed by atoms with van der Waals surface area (Å²) in [5, 5.41) is 14.8. The molecule has 2 amide bonds. The summed E-state index contributed by atoms with van der Waals surface area (Å²) >= 11 is 1.02. The van der Waals surface area contributed by atoms with Crippen LogP contribution in [0.2, 0.25) is 0 Å². The van der Waals surface area contributed by atoms with Gasteiger partial charge in [-0.15, -0.1) is 11.3 Å². The van der Waals surface area contributed by atoms with Crippen molar-refractivity contribution >= 4 is 33.8 Å². The van der Waals surface area contributed by atoms with Crippen molar-refractivity contribution < 1.29 is 18.9 Å². The maximum atomic E-state index is 13.2. The number of hydrogen-bond donors (Lipinski definition) is 2. The molecule has 108 valence electrons. The highest BCUT2D eigenvalue weighted by molar-refractivity contribution is 7.14. The Morgan fingerprint density at radius 3 is 2.62 bits per heavy atom. The Balaban J connectivity index is 2.37. The molecule has 0 radical (unpaired) electrons. The molecule has 0 atom stereocenters. The molecule has 1 aromatic carbocycles. The number of rotatable bonds is 4. The number of hydrogen-bond acceptors (Lipinski definition) is 5. The summed E-state index contributed by atoms with van der Waals surface area (Å²) < 4.78 is 13.2. The van der Waals surface area contributed by atoms with E-state index < -0.39 is 33.8 Å². The SMILES string of the molecule is NC(=O)c1ccsc1NC(=O)c1cc(F)ccc1[N+](=O)[O-]. The van der Waals surface area contributed by atoms with Crippen molar-refractivity contribution in [2.24, 2.45) is 5.73 Å². The standard InChI is InChI=1S/C12H8FN3O4S/c13-6-1-2-9(16(19)20)8(5-6)11(18)15-12-7(10(14)17)3-4-21-12/h1-5H,(H2,14,17)(H,15,18). The van der Waals surface area contributed by atoms with Gasteiger partial charge in [0.2, 0.25) is 0 Å². The number of primary amides is 1. The lowest BCUT2D eigenvalue weighted by molar-refractivity contribution is -0.385. The van der Waals surface area contributed by atoms with Gasteiger partial charge >= 0.3 is 0 Å². The number of nitrogens with two attached hydrogens (primary N) is 1. The summed E-state index contributed by atoms with van der Waals surface area (Å²) in [6, 6.07) is 3.94. The molecule has 0 aliphatic heterocycles. The van der Waals surface area contributed by atoms with Gasteiger partial charge in [-0.05, 0) is 23.6 Å². The molecule has 9 heteroatoms. The molecule has 0 saturated heterocycles. The highest BCUT2D eigenvalue weighted by Crippen LogP contribution is 2.26. The fourth-order valence-electron chi connectivity index (χ4n) is 1.62. The number of halogens is 1. The number of nitro benzene ring substituents is 1. The molecule has 0 fully saturated rings. The van der Waals surface area contributed by atoms with Gasteiger partial charge in [0.15, 0.2) is 0 Å². The predicted octanol–water partition coefficient (Wildman–Crippen LogP) is 2.15. The van der Waals surface area contributed by atoms with E-state index >= 15 is 0 Å². The van der Waals surface area contributed by atoms with Crippen LogP contribution in [0, 0.1) is 15.9 Å². The van der Waals surface area contributed by atoms with Crippen molar-refractivity contribution in [1.29, 1.82) is 0 Å². The zero-order chi connectivity index (χ0) is 15.6. The van der Waals surface area contributed by atoms with E-state index in [1.165, 1.54) is 11.4 Å². The number of benzene rings is 1. The third kappa shape index (κ3) is 3.03. The molecule has 0 spiro atoms. The second-order valence-corrected chi connectivity index (χ2v) is 4.82. The monoisotopic (exact) mass is 309 g/mol. The molecule has 0 aliphatic carbocycles. The Morgan fingerprint density at radius 1 is 1.29 bits per heavy atom. The highest BCUT2D eigenvalue weighted by Gasteiger charge is 2.22. The van der Waals surface area contributed by atoms with Gasteiger partial charge in [-0.1, -0.05) is 0 Å². The molecule has 2 aromatic rings. The molecule has 0 unspecified atom stereocenters. The number of nitrogens with one attached hydrogen (secondary N) is 1. The van der Waals surface area contributed by atoms with Crippen LogP contribution in [-0.2, 0) is 0 Å². The fraction of sp³-hybridized carbons (Fsp3) is 0. The van der Waals surface area contributed by atoms with Crippen LogP contribution in [0.15, 0.2) is 29.6 Å². The second-order valence-electron chi connectivity index (χ2n) is 3.90. The number of amides is 2. The molecular formula is C12H8FN3O4S. The van der Waals surface area contributed by atoms with Gasteiger partial charge in [0, 0.05) is 6.07 Å². The van der Waals surface area contributed by atoms with Gasteiger partial charge in [0.1, 0.15) is 16.4 Å². The zero-order valence-corrected chi connectivity index (χ0v) is 11.1. The highest BCUT2D eigenvalue weighted by atomic mass is 32.1. The summed E-state index contributed by atoms with van der Waals surface area (Å²) in [7, 11) is 0. The number of thiophene rings is 1. The number of anilines is 1. The third-order valence-electron chi connectivity index (χ3n) is 2.56. The Morgan fingerprint density at radius 2 is 2.00 bits per heavy atom. The average Bonchev–Trinajstić information content (AvgIpc) is 2.86. The Kier molecular flexibility index (Phi) is 3.94. The first kappa shape index (κ1) is 14.6. The molecule has 1 aromatic heterocycles. The topological polar surface area (TPSA) is 115 Å². The minimum Gasteiger partial charge on any atom is -0.366 e. The third-order valence-corrected chi connectivity index (χ3v) is 3.39. The first-order valence-corrected chi connectivity index (χ1v) is 6.40. The molecule has 7 nitrogen and oxygen atoms in total. The normalized spacial score (nSPS) is 10.1. The molecule has 1 heterocycles. The van der Waals surface area contributed by atoms with Crippen LogP contribution in [0.3, 0.4) is 0 Å². The Bertz CT molecular complexity index is 744. The van der Waals surface area contributed by atoms with Crippen molar-refractivity contribution in [3.63, 3.8) is 0 Å². The average molecular weight is 309 g/mol. The van der Waals surface area contributed by atoms with E-state index in [4.69, 9.17) is 5.73 Å². The summed E-state index contributed by atoms with van der Waals surface area (Å²) in [4.78, 5) is 33.2. The molecule has 0 bridgehead atoms. The van der Waals surface area contributed by atoms with Crippen LogP contribution in [0.25, 0.3) is 0 Å². The van der Waals surface area contributed by atoms with Gasteiger partial charge in [-0.2, -0.15) is 0 Å². The zero-order valence-electron chi connectivity index (χ0n) is 10.3. The largest absolute Gasteiger partial charge is 0.366 e. The maximum Gasteiger partial charge on any atom is 0.282 e. The lowest BCUT2D eigenvalue weighted by Crippen LogP contribution is -2.17. The molecule has 3 N–H and O–H groups in total. The predicted molar refractivity (Wildman–Crippen MR) is 73.8 cm³/mol. The Hall–Kier alpha value is -2.81. The van der Waals surface area contributed by atoms with Crippen molar-refractivity contribution in [2.75, 3.05) is 5.32 Å². The van der Waals surface area contributed by atoms with E-state index in [2.05, 4.69) is 5.32 Å². The summed E-state index contributed by atoms with van der Waals surface area (Å²) in [6.07, 6.45) is 0. The molecule has 21 heavy (non-hydrogen) atoms. The van der Waals surface area contributed by atoms with Gasteiger partial charge < -0.3 is 11.1 Å². The maximum absolute atomic E-state index is 13.2. The van der Waals surface area contributed by atoms with Crippen LogP contribution < -0.4 is 11.1 Å². The van der Waals surface area contributed by atoms with Crippen LogP contribution in [0.5, 0.6) is 0 Å². The van der Waals surface area contributed by atoms with Crippen molar-refractivity contribution in [3.05, 3.63) is 56.7 Å². The van der Waals surface area contributed by atoms with Gasteiger partial charge in [0.05, 0.1) is 10.5 Å². The van der Waals surface area contributed by atoms with Gasteiger partial charge in [0.25, 0.3) is 17.5 Å². The number of nitrogens with zero attached hydrogens (tertiary/aromatic N) is 1. The van der Waals surface area contributed by atoms with E-state index in [-0.39, 0.29) is 10.6 Å². The summed E-state index contributed by atoms with van der Waals surface area (Å²) in [6.45, 7) is 0. The lowest BCUT2D eigenvalue weighted by atomic mass is 10.1. The van der Waals surface area contributed by atoms with E-state index in [0.717, 1.165) is 29.5 Å². The molecule has 0 aliphatic rings. The smallest absolute Gasteiger partial charge is 0.282 e. The quantitative estimate of drug-likeness (QED) is 0.665. The van der Waals surface area contributed by atoms with Crippen molar-refractivity contribution in [3.8, 4) is 0 Å². The second kappa shape index (κ2) is 5.67. The molecule has 0 saturated carbocycles. The van der Waals surface area contributed by atoms with Crippen LogP contribution in [0.1, 0.15) is 20.7 Å². The van der Waals surface area contributed by atoms with Gasteiger partial charge in [-0.3, -0.25) is 19.7 Å². The van der Waals surface area contributed by atoms with E-state index in [1.54, 1.807) is 0 Å². The minimum atomic E-state index is -0.897. The summed E-state index contributed by atoms with van der Waals surface area (Å²) in [5.74, 6) is -2.43. The van der Waals surface area contributed by atoms with Crippen molar-refractivity contribution in [2.45, 2.75) is 0 Å². The van der Waals surface area contributed by atoms with E-state index in [0.29, 0.717) is 0 Å². The first-order valence-electron chi connectivity index (χ1n) is 5.52. The minimum absolute atomic E-state index is 0.0763.